The summed E-state index contributed by atoms with van der Waals surface area (Å²) in [6.07, 6.45) is 4.64. The first-order valence-corrected chi connectivity index (χ1v) is 8.34. The van der Waals surface area contributed by atoms with Crippen molar-refractivity contribution in [2.75, 3.05) is 6.61 Å². The van der Waals surface area contributed by atoms with Gasteiger partial charge in [0, 0.05) is 11.8 Å². The smallest absolute Gasteiger partial charge is 0.277 e. The van der Waals surface area contributed by atoms with Crippen molar-refractivity contribution in [2.24, 2.45) is 5.10 Å². The third-order valence-electron chi connectivity index (χ3n) is 3.96. The van der Waals surface area contributed by atoms with Crippen LogP contribution in [0.4, 0.5) is 0 Å². The summed E-state index contributed by atoms with van der Waals surface area (Å²) < 4.78 is 5.44. The van der Waals surface area contributed by atoms with Crippen molar-refractivity contribution in [1.82, 2.24) is 10.7 Å². The average molecular weight is 331 g/mol. The molecule has 0 unspecified atom stereocenters. The number of nitrogens with one attached hydrogen (secondary N) is 2. The summed E-state index contributed by atoms with van der Waals surface area (Å²) in [6, 6.07) is 7.78. The molecule has 0 atom stereocenters. The number of hydrogen-bond donors (Lipinski definition) is 2. The number of rotatable bonds is 7. The second-order valence-electron chi connectivity index (χ2n) is 6.16. The second kappa shape index (κ2) is 9.05. The Morgan fingerprint density at radius 3 is 2.62 bits per heavy atom. The van der Waals surface area contributed by atoms with Crippen LogP contribution in [0.2, 0.25) is 0 Å². The highest BCUT2D eigenvalue weighted by Gasteiger charge is 2.17. The molecule has 1 aromatic rings. The molecule has 130 valence electrons. The highest BCUT2D eigenvalue weighted by Crippen LogP contribution is 2.17. The number of amides is 2. The molecule has 0 aromatic heterocycles. The lowest BCUT2D eigenvalue weighted by Crippen LogP contribution is -2.34. The standard InChI is InChI=1S/C18H25N3O3/c1-13-7-3-6-10-16(13)24-12-18(23)21-20-14(2)11-17(22)19-15-8-4-5-9-15/h3,6-7,10,15H,4-5,8-9,11-12H2,1-2H3,(H,19,22)(H,21,23)/b20-14+. The molecule has 0 spiro atoms. The van der Waals surface area contributed by atoms with Crippen LogP contribution in [0, 0.1) is 6.92 Å². The van der Waals surface area contributed by atoms with E-state index in [0.29, 0.717) is 17.5 Å². The van der Waals surface area contributed by atoms with Crippen molar-refractivity contribution in [3.8, 4) is 5.75 Å². The zero-order chi connectivity index (χ0) is 17.4. The molecular formula is C18H25N3O3. The summed E-state index contributed by atoms with van der Waals surface area (Å²) in [5, 5.41) is 6.94. The van der Waals surface area contributed by atoms with Gasteiger partial charge in [-0.05, 0) is 38.3 Å². The molecule has 6 nitrogen and oxygen atoms in total. The van der Waals surface area contributed by atoms with Crippen LogP contribution in [0.25, 0.3) is 0 Å². The van der Waals surface area contributed by atoms with Gasteiger partial charge in [0.05, 0.1) is 6.42 Å². The van der Waals surface area contributed by atoms with E-state index in [1.54, 1.807) is 6.92 Å². The van der Waals surface area contributed by atoms with Gasteiger partial charge in [0.2, 0.25) is 5.91 Å². The number of ether oxygens (including phenoxy) is 1. The Balaban J connectivity index is 1.70. The van der Waals surface area contributed by atoms with E-state index in [4.69, 9.17) is 4.74 Å². The molecule has 0 radical (unpaired) electrons. The minimum absolute atomic E-state index is 0.0476. The Kier molecular flexibility index (Phi) is 6.78. The van der Waals surface area contributed by atoms with Crippen molar-refractivity contribution in [1.29, 1.82) is 0 Å². The molecular weight excluding hydrogens is 306 g/mol. The normalized spacial score (nSPS) is 15.2. The Labute approximate surface area is 142 Å². The molecule has 1 aliphatic rings. The number of hydrazone groups is 1. The van der Waals surface area contributed by atoms with Crippen molar-refractivity contribution < 1.29 is 14.3 Å². The van der Waals surface area contributed by atoms with E-state index in [1.165, 1.54) is 12.8 Å². The van der Waals surface area contributed by atoms with Gasteiger partial charge in [-0.1, -0.05) is 31.0 Å². The van der Waals surface area contributed by atoms with Gasteiger partial charge in [-0.2, -0.15) is 5.10 Å². The Morgan fingerprint density at radius 1 is 1.21 bits per heavy atom. The Bertz CT molecular complexity index is 607. The van der Waals surface area contributed by atoms with Crippen molar-refractivity contribution in [3.63, 3.8) is 0 Å². The molecule has 0 bridgehead atoms. The number of nitrogens with zero attached hydrogens (tertiary/aromatic N) is 1. The largest absolute Gasteiger partial charge is 0.483 e. The van der Waals surface area contributed by atoms with Gasteiger partial charge >= 0.3 is 0 Å². The number of carbonyl (C=O) groups excluding carboxylic acids is 2. The first-order chi connectivity index (χ1) is 11.5. The molecule has 6 heteroatoms. The predicted octanol–water partition coefficient (Wildman–Crippen LogP) is 2.31. The van der Waals surface area contributed by atoms with Gasteiger partial charge in [0.15, 0.2) is 6.61 Å². The van der Waals surface area contributed by atoms with E-state index >= 15 is 0 Å². The molecule has 0 saturated heterocycles. The van der Waals surface area contributed by atoms with Crippen molar-refractivity contribution in [2.45, 2.75) is 52.0 Å². The number of carbonyl (C=O) groups is 2. The second-order valence-corrected chi connectivity index (χ2v) is 6.16. The van der Waals surface area contributed by atoms with Crippen molar-refractivity contribution in [3.05, 3.63) is 29.8 Å². The van der Waals surface area contributed by atoms with Crippen LogP contribution in [0.3, 0.4) is 0 Å². The summed E-state index contributed by atoms with van der Waals surface area (Å²) >= 11 is 0. The summed E-state index contributed by atoms with van der Waals surface area (Å²) in [6.45, 7) is 3.52. The first kappa shape index (κ1) is 18.0. The maximum absolute atomic E-state index is 11.9. The van der Waals surface area contributed by atoms with E-state index < -0.39 is 0 Å². The molecule has 2 amide bonds. The fraction of sp³-hybridized carbons (Fsp3) is 0.500. The van der Waals surface area contributed by atoms with E-state index in [0.717, 1.165) is 18.4 Å². The summed E-state index contributed by atoms with van der Waals surface area (Å²) in [5.41, 5.74) is 3.95. The van der Waals surface area contributed by atoms with Crippen molar-refractivity contribution >= 4 is 17.5 Å². The molecule has 2 N–H and O–H groups in total. The van der Waals surface area contributed by atoms with Crippen LogP contribution in [0.5, 0.6) is 5.75 Å². The maximum atomic E-state index is 11.9. The SMILES string of the molecule is C/C(CC(=O)NC1CCCC1)=N\NC(=O)COc1ccccc1C. The number of para-hydroxylation sites is 1. The van der Waals surface area contributed by atoms with E-state index in [-0.39, 0.29) is 24.8 Å². The number of aryl methyl sites for hydroxylation is 1. The summed E-state index contributed by atoms with van der Waals surface area (Å²) in [4.78, 5) is 23.6. The molecule has 0 aliphatic heterocycles. The molecule has 1 aliphatic carbocycles. The number of hydrogen-bond acceptors (Lipinski definition) is 4. The lowest BCUT2D eigenvalue weighted by molar-refractivity contribution is -0.123. The highest BCUT2D eigenvalue weighted by atomic mass is 16.5. The quantitative estimate of drug-likeness (QED) is 0.594. The lowest BCUT2D eigenvalue weighted by Gasteiger charge is -2.11. The van der Waals surface area contributed by atoms with Gasteiger partial charge < -0.3 is 10.1 Å². The minimum atomic E-state index is -0.353. The Hall–Kier alpha value is -2.37. The molecule has 1 fully saturated rings. The van der Waals surface area contributed by atoms with Gasteiger partial charge in [-0.15, -0.1) is 0 Å². The fourth-order valence-electron chi connectivity index (χ4n) is 2.67. The third-order valence-corrected chi connectivity index (χ3v) is 3.96. The minimum Gasteiger partial charge on any atom is -0.483 e. The molecule has 2 rings (SSSR count). The monoisotopic (exact) mass is 331 g/mol. The van der Waals surface area contributed by atoms with Gasteiger partial charge in [-0.3, -0.25) is 9.59 Å². The van der Waals surface area contributed by atoms with Crippen LogP contribution in [-0.2, 0) is 9.59 Å². The third kappa shape index (κ3) is 6.02. The van der Waals surface area contributed by atoms with Crippen LogP contribution in [-0.4, -0.2) is 30.2 Å². The fourth-order valence-corrected chi connectivity index (χ4v) is 2.67. The molecule has 1 saturated carbocycles. The Morgan fingerprint density at radius 2 is 1.92 bits per heavy atom. The van der Waals surface area contributed by atoms with Crippen LogP contribution in [0.1, 0.15) is 44.6 Å². The topological polar surface area (TPSA) is 79.8 Å². The zero-order valence-corrected chi connectivity index (χ0v) is 14.3. The highest BCUT2D eigenvalue weighted by molar-refractivity contribution is 6.00. The molecule has 24 heavy (non-hydrogen) atoms. The van der Waals surface area contributed by atoms with Crippen LogP contribution < -0.4 is 15.5 Å². The van der Waals surface area contributed by atoms with Gasteiger partial charge in [0.1, 0.15) is 5.75 Å². The van der Waals surface area contributed by atoms with Crippen LogP contribution in [0.15, 0.2) is 29.4 Å². The predicted molar refractivity (Wildman–Crippen MR) is 92.9 cm³/mol. The number of benzene rings is 1. The van der Waals surface area contributed by atoms with Gasteiger partial charge in [-0.25, -0.2) is 5.43 Å². The zero-order valence-electron chi connectivity index (χ0n) is 14.3. The first-order valence-electron chi connectivity index (χ1n) is 8.34. The van der Waals surface area contributed by atoms with Crippen LogP contribution >= 0.6 is 0 Å². The van der Waals surface area contributed by atoms with E-state index in [2.05, 4.69) is 15.8 Å². The maximum Gasteiger partial charge on any atom is 0.277 e. The van der Waals surface area contributed by atoms with E-state index in [9.17, 15) is 9.59 Å². The van der Waals surface area contributed by atoms with Gasteiger partial charge in [0.25, 0.3) is 5.91 Å². The molecule has 0 heterocycles. The lowest BCUT2D eigenvalue weighted by atomic mass is 10.2. The summed E-state index contributed by atoms with van der Waals surface area (Å²) in [5.74, 6) is 0.270. The average Bonchev–Trinajstić information content (AvgIpc) is 3.05. The summed E-state index contributed by atoms with van der Waals surface area (Å²) in [7, 11) is 0. The van der Waals surface area contributed by atoms with E-state index in [1.807, 2.05) is 31.2 Å². The molecule has 1 aromatic carbocycles.